The third-order valence-corrected chi connectivity index (χ3v) is 9.24. The van der Waals surface area contributed by atoms with Crippen LogP contribution in [0.15, 0.2) is 97.1 Å². The topological polar surface area (TPSA) is 88.8 Å². The molecule has 9 heteroatoms. The van der Waals surface area contributed by atoms with Crippen molar-refractivity contribution >= 4 is 26.9 Å². The number of nitrogens with zero attached hydrogens (tertiary/aromatic N) is 2. The quantitative estimate of drug-likeness (QED) is 0.211. The molecular weight excluding hydrogens is 567 g/mol. The number of piperidine rings is 1. The zero-order chi connectivity index (χ0) is 30.1. The third kappa shape index (κ3) is 5.78. The number of rotatable bonds is 8. The summed E-state index contributed by atoms with van der Waals surface area (Å²) in [5.74, 6) is -0.948. The SMILES string of the molecule is CS(=O)(=O)N1CCCC(c2c(-c3ccc(C(=O)O)cc3)c3c(OCc4ccccc4)cccc3n2-c2ccc(F)cc2)C1. The van der Waals surface area contributed by atoms with E-state index in [-0.39, 0.29) is 23.8 Å². The van der Waals surface area contributed by atoms with Gasteiger partial charge in [0.05, 0.1) is 22.7 Å². The second-order valence-electron chi connectivity index (χ2n) is 10.8. The molecule has 0 spiro atoms. The van der Waals surface area contributed by atoms with Crippen molar-refractivity contribution in [1.82, 2.24) is 8.87 Å². The van der Waals surface area contributed by atoms with Gasteiger partial charge in [-0.15, -0.1) is 0 Å². The van der Waals surface area contributed by atoms with E-state index in [0.29, 0.717) is 25.3 Å². The average Bonchev–Trinajstić information content (AvgIpc) is 3.36. The van der Waals surface area contributed by atoms with E-state index >= 15 is 0 Å². The van der Waals surface area contributed by atoms with E-state index in [9.17, 15) is 22.7 Å². The highest BCUT2D eigenvalue weighted by molar-refractivity contribution is 7.88. The summed E-state index contributed by atoms with van der Waals surface area (Å²) >= 11 is 0. The van der Waals surface area contributed by atoms with Crippen LogP contribution in [0.5, 0.6) is 5.75 Å². The summed E-state index contributed by atoms with van der Waals surface area (Å²) in [5, 5.41) is 10.4. The Bertz CT molecular complexity index is 1890. The second kappa shape index (κ2) is 11.7. The summed E-state index contributed by atoms with van der Waals surface area (Å²) < 4.78 is 49.4. The number of carbonyl (C=O) groups is 1. The molecule has 1 aromatic heterocycles. The van der Waals surface area contributed by atoms with E-state index in [1.165, 1.54) is 22.7 Å². The summed E-state index contributed by atoms with van der Waals surface area (Å²) in [7, 11) is -3.44. The highest BCUT2D eigenvalue weighted by Gasteiger charge is 2.33. The smallest absolute Gasteiger partial charge is 0.335 e. The molecule has 0 radical (unpaired) electrons. The number of sulfonamides is 1. The number of carboxylic acid groups (broad SMARTS) is 1. The molecule has 6 rings (SSSR count). The van der Waals surface area contributed by atoms with Crippen molar-refractivity contribution in [1.29, 1.82) is 0 Å². The number of hydrogen-bond donors (Lipinski definition) is 1. The van der Waals surface area contributed by atoms with Crippen LogP contribution in [-0.4, -0.2) is 47.7 Å². The van der Waals surface area contributed by atoms with Crippen LogP contribution in [0.2, 0.25) is 0 Å². The molecule has 1 atom stereocenters. The van der Waals surface area contributed by atoms with Crippen molar-refractivity contribution in [2.75, 3.05) is 19.3 Å². The number of ether oxygens (including phenoxy) is 1. The molecule has 0 amide bonds. The summed E-state index contributed by atoms with van der Waals surface area (Å²) in [6.07, 6.45) is 2.65. The Labute approximate surface area is 249 Å². The first-order valence-electron chi connectivity index (χ1n) is 14.1. The van der Waals surface area contributed by atoms with Crippen molar-refractivity contribution in [3.8, 4) is 22.6 Å². The molecule has 1 N–H and O–H groups in total. The average molecular weight is 599 g/mol. The fraction of sp³-hybridized carbons (Fsp3) is 0.206. The highest BCUT2D eigenvalue weighted by atomic mass is 32.2. The van der Waals surface area contributed by atoms with Gasteiger partial charge in [-0.3, -0.25) is 0 Å². The molecule has 0 aliphatic carbocycles. The number of hydrogen-bond acceptors (Lipinski definition) is 4. The van der Waals surface area contributed by atoms with E-state index in [1.54, 1.807) is 36.4 Å². The molecule has 1 unspecified atom stereocenters. The molecule has 1 saturated heterocycles. The Morgan fingerprint density at radius 1 is 0.953 bits per heavy atom. The van der Waals surface area contributed by atoms with Crippen LogP contribution in [0.4, 0.5) is 4.39 Å². The normalized spacial score (nSPS) is 15.9. The Hall–Kier alpha value is -4.47. The number of carboxylic acids is 1. The van der Waals surface area contributed by atoms with Gasteiger partial charge >= 0.3 is 5.97 Å². The van der Waals surface area contributed by atoms with Gasteiger partial charge in [0.15, 0.2) is 0 Å². The van der Waals surface area contributed by atoms with Gasteiger partial charge in [-0.25, -0.2) is 21.9 Å². The Morgan fingerprint density at radius 2 is 1.67 bits per heavy atom. The lowest BCUT2D eigenvalue weighted by molar-refractivity contribution is 0.0697. The van der Waals surface area contributed by atoms with E-state index in [0.717, 1.165) is 45.4 Å². The van der Waals surface area contributed by atoms with Gasteiger partial charge in [-0.05, 0) is 72.5 Å². The number of aromatic carboxylic acids is 1. The van der Waals surface area contributed by atoms with Gasteiger partial charge in [0.2, 0.25) is 10.0 Å². The first kappa shape index (κ1) is 28.6. The van der Waals surface area contributed by atoms with Crippen molar-refractivity contribution in [2.24, 2.45) is 0 Å². The lowest BCUT2D eigenvalue weighted by atomic mass is 9.89. The summed E-state index contributed by atoms with van der Waals surface area (Å²) in [4.78, 5) is 11.7. The fourth-order valence-corrected chi connectivity index (χ4v) is 6.89. The van der Waals surface area contributed by atoms with Crippen LogP contribution in [0.25, 0.3) is 27.7 Å². The van der Waals surface area contributed by atoms with Crippen LogP contribution in [0.3, 0.4) is 0 Å². The van der Waals surface area contributed by atoms with Gasteiger partial charge < -0.3 is 14.4 Å². The molecule has 0 saturated carbocycles. The van der Waals surface area contributed by atoms with Gasteiger partial charge in [0, 0.05) is 36.0 Å². The molecule has 5 aromatic rings. The number of halogens is 1. The van der Waals surface area contributed by atoms with Crippen LogP contribution >= 0.6 is 0 Å². The molecule has 0 bridgehead atoms. The summed E-state index contributed by atoms with van der Waals surface area (Å²) in [6.45, 7) is 1.07. The van der Waals surface area contributed by atoms with E-state index < -0.39 is 16.0 Å². The predicted octanol–water partition coefficient (Wildman–Crippen LogP) is 6.85. The van der Waals surface area contributed by atoms with Crippen molar-refractivity contribution in [3.05, 3.63) is 120 Å². The lowest BCUT2D eigenvalue weighted by Crippen LogP contribution is -2.39. The minimum absolute atomic E-state index is 0.161. The molecule has 1 fully saturated rings. The van der Waals surface area contributed by atoms with Crippen LogP contribution in [0, 0.1) is 5.82 Å². The number of aromatic nitrogens is 1. The Morgan fingerprint density at radius 3 is 2.35 bits per heavy atom. The van der Waals surface area contributed by atoms with Crippen molar-refractivity contribution in [3.63, 3.8) is 0 Å². The van der Waals surface area contributed by atoms with Crippen LogP contribution in [-0.2, 0) is 16.6 Å². The van der Waals surface area contributed by atoms with Gasteiger partial charge in [-0.2, -0.15) is 0 Å². The minimum Gasteiger partial charge on any atom is -0.488 e. The van der Waals surface area contributed by atoms with E-state index in [2.05, 4.69) is 4.57 Å². The first-order valence-corrected chi connectivity index (χ1v) is 15.9. The zero-order valence-corrected chi connectivity index (χ0v) is 24.4. The third-order valence-electron chi connectivity index (χ3n) is 7.97. The first-order chi connectivity index (χ1) is 20.7. The monoisotopic (exact) mass is 598 g/mol. The maximum absolute atomic E-state index is 14.1. The summed E-state index contributed by atoms with van der Waals surface area (Å²) in [6, 6.07) is 28.6. The summed E-state index contributed by atoms with van der Waals surface area (Å²) in [5.41, 5.74) is 5.19. The molecular formula is C34H31FN2O5S. The number of fused-ring (bicyclic) bond motifs is 1. The Kier molecular flexibility index (Phi) is 7.77. The van der Waals surface area contributed by atoms with Gasteiger partial charge in [0.25, 0.3) is 0 Å². The standard InChI is InChI=1S/C34H31FN2O5S/c1-43(40,41)36-20-6-9-26(21-36)33-31(24-12-14-25(15-13-24)34(38)39)32-29(37(33)28-18-16-27(35)17-19-28)10-5-11-30(32)42-22-23-7-3-2-4-8-23/h2-5,7-8,10-19,26H,6,9,20-22H2,1H3,(H,38,39). The van der Waals surface area contributed by atoms with Crippen molar-refractivity contribution < 1.29 is 27.4 Å². The van der Waals surface area contributed by atoms with E-state index in [4.69, 9.17) is 4.74 Å². The predicted molar refractivity (Wildman–Crippen MR) is 165 cm³/mol. The second-order valence-corrected chi connectivity index (χ2v) is 12.8. The molecule has 7 nitrogen and oxygen atoms in total. The maximum atomic E-state index is 14.1. The molecule has 1 aliphatic heterocycles. The highest BCUT2D eigenvalue weighted by Crippen LogP contribution is 2.46. The maximum Gasteiger partial charge on any atom is 0.335 e. The number of benzene rings is 4. The van der Waals surface area contributed by atoms with Crippen LogP contribution < -0.4 is 4.74 Å². The minimum atomic E-state index is -3.44. The van der Waals surface area contributed by atoms with Crippen molar-refractivity contribution in [2.45, 2.75) is 25.4 Å². The lowest BCUT2D eigenvalue weighted by Gasteiger charge is -2.32. The van der Waals surface area contributed by atoms with Crippen LogP contribution in [0.1, 0.15) is 40.4 Å². The largest absolute Gasteiger partial charge is 0.488 e. The van der Waals surface area contributed by atoms with Gasteiger partial charge in [0.1, 0.15) is 18.2 Å². The van der Waals surface area contributed by atoms with Gasteiger partial charge in [-0.1, -0.05) is 48.5 Å². The molecule has 2 heterocycles. The molecule has 220 valence electrons. The molecule has 43 heavy (non-hydrogen) atoms. The zero-order valence-electron chi connectivity index (χ0n) is 23.6. The fourth-order valence-electron chi connectivity index (χ4n) is 5.98. The molecule has 4 aromatic carbocycles. The van der Waals surface area contributed by atoms with E-state index in [1.807, 2.05) is 48.5 Å². The Balaban J connectivity index is 1.63. The molecule has 1 aliphatic rings.